The fraction of sp³-hybridized carbons (Fsp3) is 0.462. The summed E-state index contributed by atoms with van der Waals surface area (Å²) in [5.74, 6) is 0.817. The van der Waals surface area contributed by atoms with E-state index in [9.17, 15) is 4.79 Å². The molecule has 4 heteroatoms. The van der Waals surface area contributed by atoms with Crippen LogP contribution in [0.2, 0.25) is 0 Å². The fourth-order valence-electron chi connectivity index (χ4n) is 1.47. The first kappa shape index (κ1) is 13.5. The zero-order valence-electron chi connectivity index (χ0n) is 10.5. The van der Waals surface area contributed by atoms with Crippen molar-refractivity contribution in [2.75, 3.05) is 13.2 Å². The second-order valence-electron chi connectivity index (χ2n) is 3.86. The first-order valence-electron chi connectivity index (χ1n) is 5.86. The Bertz CT molecular complexity index is 378. The van der Waals surface area contributed by atoms with E-state index in [1.165, 1.54) is 0 Å². The fourth-order valence-corrected chi connectivity index (χ4v) is 1.47. The van der Waals surface area contributed by atoms with Gasteiger partial charge in [0.25, 0.3) is 0 Å². The predicted molar refractivity (Wildman–Crippen MR) is 67.9 cm³/mol. The van der Waals surface area contributed by atoms with Crippen molar-refractivity contribution in [3.8, 4) is 5.75 Å². The van der Waals surface area contributed by atoms with Gasteiger partial charge in [0.05, 0.1) is 13.0 Å². The van der Waals surface area contributed by atoms with Gasteiger partial charge in [0.2, 0.25) is 5.91 Å². The molecule has 0 atom stereocenters. The van der Waals surface area contributed by atoms with Gasteiger partial charge in [-0.2, -0.15) is 0 Å². The number of ether oxygens (including phenoxy) is 1. The topological polar surface area (TPSA) is 64.3 Å². The molecule has 0 aliphatic carbocycles. The molecule has 1 amide bonds. The zero-order valence-corrected chi connectivity index (χ0v) is 10.5. The standard InChI is InChI=1S/C13H20N2O2/c1-3-15-13(16)6-7-17-12-8-11(9-14)5-4-10(12)2/h4-5,8H,3,6-7,9,14H2,1-2H3,(H,15,16). The van der Waals surface area contributed by atoms with Gasteiger partial charge in [-0.25, -0.2) is 0 Å². The summed E-state index contributed by atoms with van der Waals surface area (Å²) in [5, 5.41) is 2.73. The number of amides is 1. The molecule has 4 nitrogen and oxygen atoms in total. The van der Waals surface area contributed by atoms with Crippen molar-refractivity contribution in [1.29, 1.82) is 0 Å². The van der Waals surface area contributed by atoms with Gasteiger partial charge in [0.15, 0.2) is 0 Å². The first-order chi connectivity index (χ1) is 8.17. The van der Waals surface area contributed by atoms with E-state index in [2.05, 4.69) is 5.32 Å². The third-order valence-corrected chi connectivity index (χ3v) is 2.45. The van der Waals surface area contributed by atoms with Crippen LogP contribution in [0.3, 0.4) is 0 Å². The molecule has 0 saturated carbocycles. The maximum absolute atomic E-state index is 11.2. The minimum Gasteiger partial charge on any atom is -0.493 e. The minimum absolute atomic E-state index is 0.0140. The number of nitrogens with two attached hydrogens (primary N) is 1. The third kappa shape index (κ3) is 4.44. The van der Waals surface area contributed by atoms with Gasteiger partial charge in [-0.1, -0.05) is 12.1 Å². The molecule has 3 N–H and O–H groups in total. The van der Waals surface area contributed by atoms with Crippen LogP contribution in [0.4, 0.5) is 0 Å². The first-order valence-corrected chi connectivity index (χ1v) is 5.86. The van der Waals surface area contributed by atoms with Gasteiger partial charge in [0.1, 0.15) is 5.75 Å². The van der Waals surface area contributed by atoms with Crippen molar-refractivity contribution in [3.05, 3.63) is 29.3 Å². The SMILES string of the molecule is CCNC(=O)CCOc1cc(CN)ccc1C. The van der Waals surface area contributed by atoms with Crippen molar-refractivity contribution < 1.29 is 9.53 Å². The number of carbonyl (C=O) groups is 1. The Balaban J connectivity index is 2.48. The van der Waals surface area contributed by atoms with E-state index in [1.807, 2.05) is 32.0 Å². The normalized spacial score (nSPS) is 10.1. The molecule has 0 fully saturated rings. The van der Waals surface area contributed by atoms with Crippen molar-refractivity contribution >= 4 is 5.91 Å². The molecule has 94 valence electrons. The highest BCUT2D eigenvalue weighted by Gasteiger charge is 2.03. The number of aryl methyl sites for hydroxylation is 1. The van der Waals surface area contributed by atoms with Crippen LogP contribution in [0, 0.1) is 6.92 Å². The van der Waals surface area contributed by atoms with E-state index >= 15 is 0 Å². The monoisotopic (exact) mass is 236 g/mol. The maximum Gasteiger partial charge on any atom is 0.223 e. The van der Waals surface area contributed by atoms with E-state index < -0.39 is 0 Å². The zero-order chi connectivity index (χ0) is 12.7. The molecule has 0 unspecified atom stereocenters. The van der Waals surface area contributed by atoms with Crippen molar-refractivity contribution in [3.63, 3.8) is 0 Å². The van der Waals surface area contributed by atoms with E-state index in [0.29, 0.717) is 26.1 Å². The Morgan fingerprint density at radius 1 is 1.47 bits per heavy atom. The number of nitrogens with one attached hydrogen (secondary N) is 1. The summed E-state index contributed by atoms with van der Waals surface area (Å²) < 4.78 is 5.58. The molecule has 0 saturated heterocycles. The quantitative estimate of drug-likeness (QED) is 0.783. The Kier molecular flexibility index (Phi) is 5.49. The van der Waals surface area contributed by atoms with E-state index in [4.69, 9.17) is 10.5 Å². The van der Waals surface area contributed by atoms with Crippen LogP contribution in [-0.2, 0) is 11.3 Å². The summed E-state index contributed by atoms with van der Waals surface area (Å²) in [4.78, 5) is 11.2. The van der Waals surface area contributed by atoms with Crippen LogP contribution in [0.15, 0.2) is 18.2 Å². The van der Waals surface area contributed by atoms with Crippen molar-refractivity contribution in [2.24, 2.45) is 5.73 Å². The van der Waals surface area contributed by atoms with Crippen LogP contribution >= 0.6 is 0 Å². The molecule has 0 bridgehead atoms. The lowest BCUT2D eigenvalue weighted by Crippen LogP contribution is -2.24. The smallest absolute Gasteiger partial charge is 0.223 e. The average Bonchev–Trinajstić information content (AvgIpc) is 2.32. The van der Waals surface area contributed by atoms with Crippen LogP contribution in [0.5, 0.6) is 5.75 Å². The van der Waals surface area contributed by atoms with Gasteiger partial charge < -0.3 is 15.8 Å². The minimum atomic E-state index is 0.0140. The molecule has 1 aromatic rings. The van der Waals surface area contributed by atoms with Gasteiger partial charge >= 0.3 is 0 Å². The molecule has 0 aliphatic heterocycles. The Labute approximate surface area is 102 Å². The summed E-state index contributed by atoms with van der Waals surface area (Å²) in [6, 6.07) is 5.88. The molecule has 0 radical (unpaired) electrons. The van der Waals surface area contributed by atoms with Crippen LogP contribution in [0.25, 0.3) is 0 Å². The molecule has 1 rings (SSSR count). The number of carbonyl (C=O) groups excluding carboxylic acids is 1. The second kappa shape index (κ2) is 6.91. The average molecular weight is 236 g/mol. The molecular weight excluding hydrogens is 216 g/mol. The highest BCUT2D eigenvalue weighted by molar-refractivity contribution is 5.75. The lowest BCUT2D eigenvalue weighted by atomic mass is 10.1. The maximum atomic E-state index is 11.2. The van der Waals surface area contributed by atoms with Gasteiger partial charge in [0, 0.05) is 13.1 Å². The summed E-state index contributed by atoms with van der Waals surface area (Å²) in [7, 11) is 0. The molecule has 1 aromatic carbocycles. The lowest BCUT2D eigenvalue weighted by Gasteiger charge is -2.10. The lowest BCUT2D eigenvalue weighted by molar-refractivity contribution is -0.121. The predicted octanol–water partition coefficient (Wildman–Crippen LogP) is 1.36. The van der Waals surface area contributed by atoms with Gasteiger partial charge in [-0.05, 0) is 31.0 Å². The molecular formula is C13H20N2O2. The Morgan fingerprint density at radius 3 is 2.88 bits per heavy atom. The number of rotatable bonds is 6. The van der Waals surface area contributed by atoms with E-state index in [1.54, 1.807) is 0 Å². The highest BCUT2D eigenvalue weighted by Crippen LogP contribution is 2.19. The molecule has 0 aromatic heterocycles. The van der Waals surface area contributed by atoms with Crippen molar-refractivity contribution in [2.45, 2.75) is 26.8 Å². The molecule has 0 spiro atoms. The van der Waals surface area contributed by atoms with Crippen LogP contribution in [0.1, 0.15) is 24.5 Å². The van der Waals surface area contributed by atoms with E-state index in [-0.39, 0.29) is 5.91 Å². The summed E-state index contributed by atoms with van der Waals surface area (Å²) in [6.07, 6.45) is 0.375. The highest BCUT2D eigenvalue weighted by atomic mass is 16.5. The summed E-state index contributed by atoms with van der Waals surface area (Å²) >= 11 is 0. The van der Waals surface area contributed by atoms with E-state index in [0.717, 1.165) is 16.9 Å². The van der Waals surface area contributed by atoms with Gasteiger partial charge in [-0.3, -0.25) is 4.79 Å². The molecule has 0 heterocycles. The third-order valence-electron chi connectivity index (χ3n) is 2.45. The largest absolute Gasteiger partial charge is 0.493 e. The number of hydrogen-bond acceptors (Lipinski definition) is 3. The number of benzene rings is 1. The molecule has 17 heavy (non-hydrogen) atoms. The van der Waals surface area contributed by atoms with Crippen LogP contribution < -0.4 is 15.8 Å². The molecule has 0 aliphatic rings. The van der Waals surface area contributed by atoms with Crippen molar-refractivity contribution in [1.82, 2.24) is 5.32 Å². The van der Waals surface area contributed by atoms with Gasteiger partial charge in [-0.15, -0.1) is 0 Å². The summed E-state index contributed by atoms with van der Waals surface area (Å²) in [6.45, 7) is 5.41. The summed E-state index contributed by atoms with van der Waals surface area (Å²) in [5.41, 5.74) is 7.65. The Morgan fingerprint density at radius 2 is 2.24 bits per heavy atom. The van der Waals surface area contributed by atoms with Crippen LogP contribution in [-0.4, -0.2) is 19.1 Å². The number of hydrogen-bond donors (Lipinski definition) is 2. The Hall–Kier alpha value is -1.55. The second-order valence-corrected chi connectivity index (χ2v) is 3.86.